The fourth-order valence-corrected chi connectivity index (χ4v) is 7.63. The molecule has 3 saturated heterocycles. The lowest BCUT2D eigenvalue weighted by atomic mass is 9.78. The second-order valence-corrected chi connectivity index (χ2v) is 12.2. The highest BCUT2D eigenvalue weighted by molar-refractivity contribution is 6.11. The molecule has 0 radical (unpaired) electrons. The summed E-state index contributed by atoms with van der Waals surface area (Å²) in [4.78, 5) is 36.1. The Morgan fingerprint density at radius 3 is 2.61 bits per heavy atom. The minimum atomic E-state index is -1.51. The molecule has 3 aromatic rings. The fraction of sp³-hybridized carbons (Fsp3) is 0.438. The zero-order valence-corrected chi connectivity index (χ0v) is 25.1. The highest BCUT2D eigenvalue weighted by Gasteiger charge is 2.81. The first-order valence-electron chi connectivity index (χ1n) is 14.8. The van der Waals surface area contributed by atoms with Crippen molar-refractivity contribution in [2.75, 3.05) is 27.4 Å². The molecule has 3 aromatic carbocycles. The van der Waals surface area contributed by atoms with Gasteiger partial charge in [-0.1, -0.05) is 0 Å². The van der Waals surface area contributed by atoms with E-state index in [0.717, 1.165) is 5.56 Å². The Balaban J connectivity index is 1.18. The Kier molecular flexibility index (Phi) is 6.13. The quantitative estimate of drug-likeness (QED) is 0.131. The molecule has 4 aliphatic heterocycles. The molecule has 5 aliphatic rings. The van der Waals surface area contributed by atoms with E-state index in [0.29, 0.717) is 46.9 Å². The third-order valence-electron chi connectivity index (χ3n) is 9.65. The molecule has 14 heteroatoms. The number of hydrogen-bond acceptors (Lipinski definition) is 13. The number of non-ortho nitro benzene ring substituents is 1. The number of fused-ring (bicyclic) bond motifs is 7. The summed E-state index contributed by atoms with van der Waals surface area (Å²) in [6.07, 6.45) is -1.12. The molecule has 240 valence electrons. The topological polar surface area (TPSA) is 175 Å². The number of aromatic hydroxyl groups is 1. The van der Waals surface area contributed by atoms with Crippen molar-refractivity contribution in [3.8, 4) is 23.0 Å². The molecular formula is C32H29NO13. The maximum absolute atomic E-state index is 13.1. The number of benzene rings is 3. The van der Waals surface area contributed by atoms with Gasteiger partial charge >= 0.3 is 6.16 Å². The Hall–Kier alpha value is -4.50. The van der Waals surface area contributed by atoms with Gasteiger partial charge in [0.25, 0.3) is 11.5 Å². The van der Waals surface area contributed by atoms with Crippen LogP contribution in [-0.4, -0.2) is 72.7 Å². The number of aryl methyl sites for hydroxylation is 1. The number of carbonyl (C=O) groups is 2. The molecule has 4 heterocycles. The van der Waals surface area contributed by atoms with E-state index in [1.54, 1.807) is 0 Å². The zero-order chi connectivity index (χ0) is 32.2. The minimum absolute atomic E-state index is 0.0554. The lowest BCUT2D eigenvalue weighted by Crippen LogP contribution is -2.68. The number of ether oxygens (including phenoxy) is 8. The van der Waals surface area contributed by atoms with Gasteiger partial charge in [0.1, 0.15) is 35.7 Å². The van der Waals surface area contributed by atoms with Crippen molar-refractivity contribution in [3.05, 3.63) is 62.7 Å². The summed E-state index contributed by atoms with van der Waals surface area (Å²) >= 11 is 0. The summed E-state index contributed by atoms with van der Waals surface area (Å²) in [5.74, 6) is -2.53. The number of phenolic OH excluding ortho intramolecular Hbond substituents is 1. The number of Topliss-reactive ketones (excluding diaryl/α,β-unsaturated/α-hetero) is 1. The van der Waals surface area contributed by atoms with E-state index in [2.05, 4.69) is 0 Å². The van der Waals surface area contributed by atoms with Crippen molar-refractivity contribution in [1.82, 2.24) is 0 Å². The van der Waals surface area contributed by atoms with Gasteiger partial charge in [-0.25, -0.2) is 4.79 Å². The molecule has 0 amide bonds. The number of hydrogen-bond donors (Lipinski definition) is 1. The van der Waals surface area contributed by atoms with Gasteiger partial charge in [-0.2, -0.15) is 0 Å². The number of ketones is 1. The summed E-state index contributed by atoms with van der Waals surface area (Å²) in [7, 11) is 3.01. The van der Waals surface area contributed by atoms with E-state index in [-0.39, 0.29) is 53.9 Å². The third-order valence-corrected chi connectivity index (χ3v) is 9.65. The van der Waals surface area contributed by atoms with Gasteiger partial charge in [0.2, 0.25) is 5.79 Å². The molecule has 0 saturated carbocycles. The van der Waals surface area contributed by atoms with Gasteiger partial charge in [-0.05, 0) is 43.5 Å². The average Bonchev–Trinajstić information content (AvgIpc) is 3.71. The smallest absolute Gasteiger partial charge is 0.506 e. The lowest BCUT2D eigenvalue weighted by Gasteiger charge is -2.49. The number of phenols is 1. The van der Waals surface area contributed by atoms with Gasteiger partial charge in [-0.3, -0.25) is 14.9 Å². The fourth-order valence-electron chi connectivity index (χ4n) is 7.63. The highest BCUT2D eigenvalue weighted by Crippen LogP contribution is 2.66. The Morgan fingerprint density at radius 2 is 1.93 bits per heavy atom. The Bertz CT molecular complexity index is 1850. The van der Waals surface area contributed by atoms with Crippen LogP contribution in [0.25, 0.3) is 10.8 Å². The molecule has 3 fully saturated rings. The van der Waals surface area contributed by atoms with Crippen molar-refractivity contribution in [1.29, 1.82) is 0 Å². The summed E-state index contributed by atoms with van der Waals surface area (Å²) in [5, 5.41) is 23.5. The normalized spacial score (nSPS) is 29.9. The molecule has 2 bridgehead atoms. The lowest BCUT2D eigenvalue weighted by molar-refractivity contribution is -0.384. The summed E-state index contributed by atoms with van der Waals surface area (Å²) in [6.45, 7) is 1.73. The first kappa shape index (κ1) is 28.9. The SMILES string of the molecule is COc1c2c(c(O)c3c4c(c(C)cc13)C1OC3(COC(=O)Oc5ccc([N+](=O)[O-])cc5)C[C@]5(CO5)[C@](OC)(O4)C1O3)C(=O)CCC2. The number of nitrogens with zero attached hydrogens (tertiary/aromatic N) is 1. The van der Waals surface area contributed by atoms with Crippen LogP contribution in [0.15, 0.2) is 30.3 Å². The largest absolute Gasteiger partial charge is 0.514 e. The van der Waals surface area contributed by atoms with E-state index < -0.39 is 40.5 Å². The standard InChI is InChI=1S/C32H29NO13/c1-15-11-19-23(24(35)22-18(25(19)39-2)5-4-6-20(22)34)26-21(15)27-28-32(40-3,45-26)30(13-42-30)12-31(44-27,46-28)14-41-29(36)43-17-9-7-16(8-10-17)33(37)38/h7-11,27-28,35H,4-6,12-14H2,1-3H3/t27?,28?,30-,31?,32+/m0/s1. The van der Waals surface area contributed by atoms with Gasteiger partial charge in [0, 0.05) is 48.6 Å². The summed E-state index contributed by atoms with van der Waals surface area (Å²) in [6, 6.07) is 6.85. The Labute approximate surface area is 261 Å². The predicted octanol–water partition coefficient (Wildman–Crippen LogP) is 4.57. The van der Waals surface area contributed by atoms with Crippen molar-refractivity contribution in [2.24, 2.45) is 0 Å². The van der Waals surface area contributed by atoms with Crippen molar-refractivity contribution in [2.45, 2.75) is 62.0 Å². The molecule has 14 nitrogen and oxygen atoms in total. The van der Waals surface area contributed by atoms with E-state index in [1.807, 2.05) is 13.0 Å². The van der Waals surface area contributed by atoms with Crippen LogP contribution in [0.3, 0.4) is 0 Å². The van der Waals surface area contributed by atoms with Crippen LogP contribution in [0.1, 0.15) is 52.4 Å². The van der Waals surface area contributed by atoms with Crippen LogP contribution in [0.4, 0.5) is 10.5 Å². The number of methoxy groups -OCH3 is 2. The first-order chi connectivity index (χ1) is 22.1. The van der Waals surface area contributed by atoms with Gasteiger partial charge in [-0.15, -0.1) is 0 Å². The van der Waals surface area contributed by atoms with Gasteiger partial charge < -0.3 is 43.0 Å². The van der Waals surface area contributed by atoms with Crippen LogP contribution in [0.5, 0.6) is 23.0 Å². The van der Waals surface area contributed by atoms with E-state index in [9.17, 15) is 24.8 Å². The van der Waals surface area contributed by atoms with E-state index in [1.165, 1.54) is 38.5 Å². The Morgan fingerprint density at radius 1 is 1.17 bits per heavy atom. The highest BCUT2D eigenvalue weighted by atomic mass is 16.8. The predicted molar refractivity (Wildman–Crippen MR) is 154 cm³/mol. The first-order valence-corrected chi connectivity index (χ1v) is 14.8. The van der Waals surface area contributed by atoms with Crippen LogP contribution < -0.4 is 14.2 Å². The molecule has 3 unspecified atom stereocenters. The molecular weight excluding hydrogens is 606 g/mol. The average molecular weight is 636 g/mol. The maximum Gasteiger partial charge on any atom is 0.514 e. The number of carbonyl (C=O) groups excluding carboxylic acids is 2. The minimum Gasteiger partial charge on any atom is -0.506 e. The van der Waals surface area contributed by atoms with Crippen LogP contribution in [0.2, 0.25) is 0 Å². The zero-order valence-electron chi connectivity index (χ0n) is 25.1. The monoisotopic (exact) mass is 635 g/mol. The van der Waals surface area contributed by atoms with Crippen molar-refractivity contribution in [3.63, 3.8) is 0 Å². The van der Waals surface area contributed by atoms with Crippen molar-refractivity contribution < 1.29 is 57.5 Å². The number of nitro groups is 1. The summed E-state index contributed by atoms with van der Waals surface area (Å²) < 4.78 is 48.5. The van der Waals surface area contributed by atoms with Gasteiger partial charge in [0.15, 0.2) is 17.5 Å². The van der Waals surface area contributed by atoms with Crippen LogP contribution >= 0.6 is 0 Å². The van der Waals surface area contributed by atoms with E-state index >= 15 is 0 Å². The van der Waals surface area contributed by atoms with Gasteiger partial charge in [0.05, 0.1) is 29.6 Å². The van der Waals surface area contributed by atoms with E-state index in [4.69, 9.17) is 37.9 Å². The molecule has 1 spiro atoms. The molecule has 8 rings (SSSR count). The molecule has 1 aliphatic carbocycles. The number of rotatable bonds is 6. The van der Waals surface area contributed by atoms with Crippen LogP contribution in [0, 0.1) is 17.0 Å². The van der Waals surface area contributed by atoms with Crippen LogP contribution in [-0.2, 0) is 30.1 Å². The number of nitro benzene ring substituents is 1. The molecule has 0 aromatic heterocycles. The third kappa shape index (κ3) is 3.84. The molecule has 46 heavy (non-hydrogen) atoms. The molecule has 1 N–H and O–H groups in total. The summed E-state index contributed by atoms with van der Waals surface area (Å²) in [5.41, 5.74) is 1.02. The molecule has 5 atom stereocenters. The second kappa shape index (κ2) is 9.75. The maximum atomic E-state index is 13.1. The van der Waals surface area contributed by atoms with Crippen molar-refractivity contribution >= 4 is 28.4 Å². The number of epoxide rings is 1. The second-order valence-electron chi connectivity index (χ2n) is 12.2.